The number of aryl methyl sites for hydroxylation is 1. The highest BCUT2D eigenvalue weighted by Gasteiger charge is 2.08. The summed E-state index contributed by atoms with van der Waals surface area (Å²) in [5.74, 6) is 0. The molecule has 0 fully saturated rings. The molecular weight excluding hydrogens is 294 g/mol. The number of carbonyl (C=O) groups excluding carboxylic acids is 1. The van der Waals surface area contributed by atoms with Crippen LogP contribution in [0.4, 0.5) is 0 Å². The minimum absolute atomic E-state index is 0. The molecular formula is C19H17ClNO+. The van der Waals surface area contributed by atoms with Gasteiger partial charge in [-0.25, -0.2) is 0 Å². The molecule has 3 heteroatoms. The van der Waals surface area contributed by atoms with Gasteiger partial charge in [0.25, 0.3) is 0 Å². The molecule has 3 rings (SSSR count). The fourth-order valence-electron chi connectivity index (χ4n) is 2.47. The lowest BCUT2D eigenvalue weighted by Gasteiger charge is -2.00. The van der Waals surface area contributed by atoms with Crippen molar-refractivity contribution < 1.29 is 9.36 Å². The van der Waals surface area contributed by atoms with Crippen molar-refractivity contribution in [3.8, 4) is 0 Å². The van der Waals surface area contributed by atoms with E-state index in [1.165, 1.54) is 10.9 Å². The van der Waals surface area contributed by atoms with Crippen LogP contribution in [-0.2, 0) is 7.05 Å². The summed E-state index contributed by atoms with van der Waals surface area (Å²) < 4.78 is 2.15. The summed E-state index contributed by atoms with van der Waals surface area (Å²) in [7, 11) is 2.05. The van der Waals surface area contributed by atoms with Gasteiger partial charge in [0.05, 0.1) is 0 Å². The summed E-state index contributed by atoms with van der Waals surface area (Å²) in [5, 5.41) is 1.21. The number of aldehydes is 1. The fraction of sp³-hybridized carbons (Fsp3) is 0.0526. The second-order valence-corrected chi connectivity index (χ2v) is 4.96. The van der Waals surface area contributed by atoms with Crippen LogP contribution >= 0.6 is 12.4 Å². The molecule has 0 atom stereocenters. The number of para-hydroxylation sites is 1. The Hall–Kier alpha value is -2.45. The molecule has 0 spiro atoms. The van der Waals surface area contributed by atoms with Gasteiger partial charge >= 0.3 is 0 Å². The normalized spacial score (nSPS) is 10.6. The molecule has 3 aromatic rings. The van der Waals surface area contributed by atoms with Gasteiger partial charge in [-0.2, -0.15) is 4.57 Å². The lowest BCUT2D eigenvalue weighted by molar-refractivity contribution is -0.646. The first-order chi connectivity index (χ1) is 10.3. The minimum Gasteiger partial charge on any atom is -0.298 e. The van der Waals surface area contributed by atoms with Crippen LogP contribution in [0.25, 0.3) is 23.1 Å². The second kappa shape index (κ2) is 7.01. The number of hydrogen-bond donors (Lipinski definition) is 0. The number of nitrogens with zero attached hydrogens (tertiary/aromatic N) is 1. The Kier molecular flexibility index (Phi) is 5.08. The van der Waals surface area contributed by atoms with Crippen molar-refractivity contribution >= 4 is 41.7 Å². The molecule has 0 aliphatic heterocycles. The van der Waals surface area contributed by atoms with E-state index in [2.05, 4.69) is 28.8 Å². The molecule has 0 unspecified atom stereocenters. The van der Waals surface area contributed by atoms with Gasteiger partial charge in [-0.05, 0) is 23.8 Å². The number of hydrogen-bond acceptors (Lipinski definition) is 1. The highest BCUT2D eigenvalue weighted by atomic mass is 35.5. The van der Waals surface area contributed by atoms with Gasteiger partial charge in [0.15, 0.2) is 6.29 Å². The van der Waals surface area contributed by atoms with Gasteiger partial charge < -0.3 is 0 Å². The SMILES string of the molecule is C[n+]1c(/C=C/c2ccccc2C=O)ccc2ccccc21.Cl. The second-order valence-electron chi connectivity index (χ2n) is 4.96. The van der Waals surface area contributed by atoms with E-state index in [1.54, 1.807) is 0 Å². The van der Waals surface area contributed by atoms with Crippen molar-refractivity contribution in [1.29, 1.82) is 0 Å². The van der Waals surface area contributed by atoms with Gasteiger partial charge in [0.2, 0.25) is 11.2 Å². The quantitative estimate of drug-likeness (QED) is 0.528. The molecule has 0 aliphatic carbocycles. The number of carbonyl (C=O) groups is 1. The Morgan fingerprint density at radius 2 is 1.50 bits per heavy atom. The predicted octanol–water partition coefficient (Wildman–Crippen LogP) is 4.07. The van der Waals surface area contributed by atoms with E-state index >= 15 is 0 Å². The van der Waals surface area contributed by atoms with E-state index in [0.717, 1.165) is 17.5 Å². The van der Waals surface area contributed by atoms with Crippen molar-refractivity contribution in [2.24, 2.45) is 7.05 Å². The van der Waals surface area contributed by atoms with Crippen LogP contribution in [-0.4, -0.2) is 6.29 Å². The van der Waals surface area contributed by atoms with Crippen molar-refractivity contribution in [1.82, 2.24) is 0 Å². The van der Waals surface area contributed by atoms with Crippen LogP contribution < -0.4 is 4.57 Å². The van der Waals surface area contributed by atoms with E-state index in [4.69, 9.17) is 0 Å². The summed E-state index contributed by atoms with van der Waals surface area (Å²) in [4.78, 5) is 11.0. The number of benzene rings is 2. The standard InChI is InChI=1S/C19H16NO.ClH/c1-20-18(13-11-16-7-4-5-9-19(16)20)12-10-15-6-2-3-8-17(15)14-21;/h2-14H,1H3;1H/q+1;/b12-10+;. The van der Waals surface area contributed by atoms with Gasteiger partial charge in [-0.15, -0.1) is 12.4 Å². The van der Waals surface area contributed by atoms with E-state index < -0.39 is 0 Å². The molecule has 0 aliphatic rings. The monoisotopic (exact) mass is 310 g/mol. The van der Waals surface area contributed by atoms with Crippen LogP contribution in [0.2, 0.25) is 0 Å². The molecule has 1 aromatic heterocycles. The molecule has 0 N–H and O–H groups in total. The summed E-state index contributed by atoms with van der Waals surface area (Å²) in [6.45, 7) is 0. The molecule has 0 saturated heterocycles. The van der Waals surface area contributed by atoms with Crippen molar-refractivity contribution in [2.75, 3.05) is 0 Å². The van der Waals surface area contributed by atoms with Gasteiger partial charge in [0.1, 0.15) is 7.05 Å². The van der Waals surface area contributed by atoms with Crippen molar-refractivity contribution in [3.05, 3.63) is 77.5 Å². The Morgan fingerprint density at radius 3 is 2.27 bits per heavy atom. The molecule has 2 aromatic carbocycles. The third-order valence-electron chi connectivity index (χ3n) is 3.68. The number of fused-ring (bicyclic) bond motifs is 1. The number of rotatable bonds is 3. The maximum Gasteiger partial charge on any atom is 0.212 e. The zero-order chi connectivity index (χ0) is 14.7. The summed E-state index contributed by atoms with van der Waals surface area (Å²) >= 11 is 0. The number of pyridine rings is 1. The average Bonchev–Trinajstić information content (AvgIpc) is 2.55. The van der Waals surface area contributed by atoms with E-state index in [1.807, 2.05) is 55.6 Å². The third kappa shape index (κ3) is 3.07. The largest absolute Gasteiger partial charge is 0.298 e. The topological polar surface area (TPSA) is 20.9 Å². The van der Waals surface area contributed by atoms with Crippen LogP contribution in [0.15, 0.2) is 60.7 Å². The van der Waals surface area contributed by atoms with Crippen LogP contribution in [0.3, 0.4) is 0 Å². The average molecular weight is 311 g/mol. The smallest absolute Gasteiger partial charge is 0.212 e. The molecule has 0 saturated carbocycles. The molecule has 2 nitrogen and oxygen atoms in total. The Balaban J connectivity index is 0.00000176. The van der Waals surface area contributed by atoms with Crippen LogP contribution in [0.5, 0.6) is 0 Å². The third-order valence-corrected chi connectivity index (χ3v) is 3.68. The van der Waals surface area contributed by atoms with Gasteiger partial charge in [0, 0.05) is 29.2 Å². The number of aromatic nitrogens is 1. The van der Waals surface area contributed by atoms with Crippen molar-refractivity contribution in [2.45, 2.75) is 0 Å². The minimum atomic E-state index is 0. The van der Waals surface area contributed by atoms with Gasteiger partial charge in [-0.1, -0.05) is 36.4 Å². The molecule has 110 valence electrons. The maximum atomic E-state index is 11.0. The lowest BCUT2D eigenvalue weighted by Crippen LogP contribution is -2.32. The zero-order valence-corrected chi connectivity index (χ0v) is 13.1. The summed E-state index contributed by atoms with van der Waals surface area (Å²) in [6.07, 6.45) is 4.91. The first kappa shape index (κ1) is 15.9. The molecule has 0 radical (unpaired) electrons. The van der Waals surface area contributed by atoms with Gasteiger partial charge in [-0.3, -0.25) is 4.79 Å². The number of halogens is 1. The highest BCUT2D eigenvalue weighted by molar-refractivity contribution is 5.85. The van der Waals surface area contributed by atoms with E-state index in [9.17, 15) is 4.79 Å². The van der Waals surface area contributed by atoms with E-state index in [0.29, 0.717) is 5.56 Å². The van der Waals surface area contributed by atoms with Crippen LogP contribution in [0.1, 0.15) is 21.6 Å². The predicted molar refractivity (Wildman–Crippen MR) is 93.1 cm³/mol. The maximum absolute atomic E-state index is 11.0. The summed E-state index contributed by atoms with van der Waals surface area (Å²) in [6, 6.07) is 20.1. The Morgan fingerprint density at radius 1 is 0.818 bits per heavy atom. The summed E-state index contributed by atoms with van der Waals surface area (Å²) in [5.41, 5.74) is 3.91. The van der Waals surface area contributed by atoms with E-state index in [-0.39, 0.29) is 12.4 Å². The molecule has 0 bridgehead atoms. The fourth-order valence-corrected chi connectivity index (χ4v) is 2.47. The highest BCUT2D eigenvalue weighted by Crippen LogP contribution is 2.13. The molecule has 1 heterocycles. The first-order valence-electron chi connectivity index (χ1n) is 6.89. The first-order valence-corrected chi connectivity index (χ1v) is 6.89. The van der Waals surface area contributed by atoms with Crippen molar-refractivity contribution in [3.63, 3.8) is 0 Å². The molecule has 0 amide bonds. The lowest BCUT2D eigenvalue weighted by atomic mass is 10.1. The Bertz CT molecular complexity index is 840. The van der Waals surface area contributed by atoms with Crippen LogP contribution in [0, 0.1) is 0 Å². The Labute approximate surface area is 136 Å². The zero-order valence-electron chi connectivity index (χ0n) is 12.3. The molecule has 22 heavy (non-hydrogen) atoms.